The van der Waals surface area contributed by atoms with E-state index in [1.165, 1.54) is 11.3 Å². The predicted molar refractivity (Wildman–Crippen MR) is 66.7 cm³/mol. The Morgan fingerprint density at radius 2 is 1.95 bits per heavy atom. The summed E-state index contributed by atoms with van der Waals surface area (Å²) in [6.45, 7) is 0.116. The Morgan fingerprint density at radius 1 is 1.26 bits per heavy atom. The van der Waals surface area contributed by atoms with E-state index in [0.29, 0.717) is 4.88 Å². The molecular weight excluding hydrogens is 274 g/mol. The quantitative estimate of drug-likeness (QED) is 0.514. The first-order chi connectivity index (χ1) is 9.08. The van der Waals surface area contributed by atoms with Gasteiger partial charge in [-0.1, -0.05) is 0 Å². The lowest BCUT2D eigenvalue weighted by Crippen LogP contribution is -2.29. The Morgan fingerprint density at radius 3 is 2.58 bits per heavy atom. The van der Waals surface area contributed by atoms with E-state index >= 15 is 0 Å². The summed E-state index contributed by atoms with van der Waals surface area (Å²) in [6.07, 6.45) is 0. The second-order valence-electron chi connectivity index (χ2n) is 3.63. The second-order valence-corrected chi connectivity index (χ2v) is 4.80. The van der Waals surface area contributed by atoms with Gasteiger partial charge in [-0.2, -0.15) is 0 Å². The van der Waals surface area contributed by atoms with Gasteiger partial charge in [-0.05, 0) is 12.1 Å². The fourth-order valence-electron chi connectivity index (χ4n) is 1.41. The summed E-state index contributed by atoms with van der Waals surface area (Å²) in [6, 6.07) is 6.22. The number of thiophene rings is 1. The molecule has 0 aliphatic heterocycles. The van der Waals surface area contributed by atoms with Crippen LogP contribution in [0.5, 0.6) is 5.75 Å². The summed E-state index contributed by atoms with van der Waals surface area (Å²) in [4.78, 5) is 12.4. The van der Waals surface area contributed by atoms with E-state index in [-0.39, 0.29) is 12.4 Å². The first-order valence-electron chi connectivity index (χ1n) is 5.27. The van der Waals surface area contributed by atoms with Crippen molar-refractivity contribution in [1.29, 1.82) is 0 Å². The highest BCUT2D eigenvalue weighted by molar-refractivity contribution is 7.14. The van der Waals surface area contributed by atoms with Crippen molar-refractivity contribution in [3.05, 3.63) is 51.7 Å². The molecule has 0 atom stereocenters. The first kappa shape index (κ1) is 13.4. The van der Waals surface area contributed by atoms with Gasteiger partial charge in [0.1, 0.15) is 24.0 Å². The van der Waals surface area contributed by atoms with Crippen molar-refractivity contribution >= 4 is 17.2 Å². The van der Waals surface area contributed by atoms with E-state index in [1.54, 1.807) is 12.1 Å². The van der Waals surface area contributed by atoms with E-state index in [4.69, 9.17) is 10.6 Å². The van der Waals surface area contributed by atoms with Crippen LogP contribution >= 0.6 is 11.3 Å². The summed E-state index contributed by atoms with van der Waals surface area (Å²) in [5.41, 5.74) is 2.01. The normalized spacial score (nSPS) is 10.3. The number of carbonyl (C=O) groups excluding carboxylic acids is 1. The summed E-state index contributed by atoms with van der Waals surface area (Å²) in [7, 11) is 0. The molecule has 1 heterocycles. The van der Waals surface area contributed by atoms with Crippen LogP contribution in [0.25, 0.3) is 0 Å². The molecule has 0 bridgehead atoms. The van der Waals surface area contributed by atoms with Crippen LogP contribution in [0.4, 0.5) is 8.78 Å². The van der Waals surface area contributed by atoms with Crippen LogP contribution in [0.15, 0.2) is 30.3 Å². The smallest absolute Gasteiger partial charge is 0.275 e. The Kier molecular flexibility index (Phi) is 4.08. The predicted octanol–water partition coefficient (Wildman–Crippen LogP) is 2.21. The number of benzene rings is 1. The van der Waals surface area contributed by atoms with Crippen molar-refractivity contribution in [2.45, 2.75) is 6.61 Å². The molecular formula is C12H10F2N2O2S. The summed E-state index contributed by atoms with van der Waals surface area (Å²) in [5.74, 6) is 3.29. The number of carbonyl (C=O) groups is 1. The van der Waals surface area contributed by atoms with Crippen molar-refractivity contribution in [3.63, 3.8) is 0 Å². The molecule has 1 aromatic carbocycles. The molecule has 0 spiro atoms. The third-order valence-corrected chi connectivity index (χ3v) is 3.29. The fraction of sp³-hybridized carbons (Fsp3) is 0.0833. The summed E-state index contributed by atoms with van der Waals surface area (Å²) < 4.78 is 31.1. The molecule has 0 fully saturated rings. The average Bonchev–Trinajstić information content (AvgIpc) is 2.83. The number of ether oxygens (including phenoxy) is 1. The third kappa shape index (κ3) is 3.49. The standard InChI is InChI=1S/C12H10F2N2O2S/c13-7-3-8(14)5-9(4-7)18-6-10-1-2-11(19-10)12(17)16-15/h1-5H,6,15H2,(H,16,17). The Hall–Kier alpha value is -1.99. The molecule has 0 aliphatic rings. The Bertz CT molecular complexity index is 581. The van der Waals surface area contributed by atoms with Crippen molar-refractivity contribution in [1.82, 2.24) is 5.43 Å². The van der Waals surface area contributed by atoms with Gasteiger partial charge in [0.15, 0.2) is 0 Å². The molecule has 4 nitrogen and oxygen atoms in total. The lowest BCUT2D eigenvalue weighted by molar-refractivity contribution is 0.0957. The van der Waals surface area contributed by atoms with Crippen LogP contribution in [0.3, 0.4) is 0 Å². The van der Waals surface area contributed by atoms with Crippen molar-refractivity contribution in [3.8, 4) is 5.75 Å². The van der Waals surface area contributed by atoms with E-state index in [9.17, 15) is 13.6 Å². The number of nitrogen functional groups attached to an aromatic ring is 1. The fourth-order valence-corrected chi connectivity index (χ4v) is 2.24. The van der Waals surface area contributed by atoms with Gasteiger partial charge >= 0.3 is 0 Å². The van der Waals surface area contributed by atoms with Gasteiger partial charge in [0, 0.05) is 23.1 Å². The van der Waals surface area contributed by atoms with Gasteiger partial charge in [-0.15, -0.1) is 11.3 Å². The van der Waals surface area contributed by atoms with Gasteiger partial charge < -0.3 is 4.74 Å². The molecule has 19 heavy (non-hydrogen) atoms. The molecule has 7 heteroatoms. The molecule has 1 amide bonds. The van der Waals surface area contributed by atoms with Crippen molar-refractivity contribution in [2.75, 3.05) is 0 Å². The maximum atomic E-state index is 12.9. The minimum Gasteiger partial charge on any atom is -0.488 e. The van der Waals surface area contributed by atoms with Crippen LogP contribution < -0.4 is 16.0 Å². The minimum atomic E-state index is -0.704. The third-order valence-electron chi connectivity index (χ3n) is 2.23. The van der Waals surface area contributed by atoms with E-state index in [2.05, 4.69) is 0 Å². The molecule has 100 valence electrons. The SMILES string of the molecule is NNC(=O)c1ccc(COc2cc(F)cc(F)c2)s1. The zero-order valence-corrected chi connectivity index (χ0v) is 10.5. The second kappa shape index (κ2) is 5.77. The number of hydrogen-bond acceptors (Lipinski definition) is 4. The zero-order valence-electron chi connectivity index (χ0n) is 9.65. The minimum absolute atomic E-state index is 0.0933. The van der Waals surface area contributed by atoms with Crippen LogP contribution in [0.2, 0.25) is 0 Å². The lowest BCUT2D eigenvalue weighted by atomic mass is 10.3. The molecule has 2 rings (SSSR count). The Balaban J connectivity index is 2.02. The molecule has 0 saturated carbocycles. The number of nitrogens with one attached hydrogen (secondary N) is 1. The van der Waals surface area contributed by atoms with Crippen LogP contribution in [0.1, 0.15) is 14.5 Å². The molecule has 0 aliphatic carbocycles. The summed E-state index contributed by atoms with van der Waals surface area (Å²) in [5, 5.41) is 0. The lowest BCUT2D eigenvalue weighted by Gasteiger charge is -2.04. The van der Waals surface area contributed by atoms with Gasteiger partial charge in [0.05, 0.1) is 4.88 Å². The molecule has 2 aromatic rings. The van der Waals surface area contributed by atoms with Gasteiger partial charge in [0.25, 0.3) is 5.91 Å². The number of rotatable bonds is 4. The Labute approximate surface area is 111 Å². The monoisotopic (exact) mass is 284 g/mol. The highest BCUT2D eigenvalue weighted by Gasteiger charge is 2.08. The zero-order chi connectivity index (χ0) is 13.8. The van der Waals surface area contributed by atoms with Crippen LogP contribution in [0, 0.1) is 11.6 Å². The maximum absolute atomic E-state index is 12.9. The number of hydrazine groups is 1. The summed E-state index contributed by atoms with van der Waals surface area (Å²) >= 11 is 1.19. The van der Waals surface area contributed by atoms with E-state index < -0.39 is 17.5 Å². The van der Waals surface area contributed by atoms with Gasteiger partial charge in [-0.25, -0.2) is 14.6 Å². The first-order valence-corrected chi connectivity index (χ1v) is 6.08. The number of nitrogens with two attached hydrogens (primary N) is 1. The molecule has 0 radical (unpaired) electrons. The van der Waals surface area contributed by atoms with Crippen molar-refractivity contribution in [2.24, 2.45) is 5.84 Å². The van der Waals surface area contributed by atoms with E-state index in [1.807, 2.05) is 5.43 Å². The topological polar surface area (TPSA) is 64.3 Å². The number of amides is 1. The molecule has 1 aromatic heterocycles. The molecule has 3 N–H and O–H groups in total. The molecule has 0 saturated heterocycles. The van der Waals surface area contributed by atoms with Crippen LogP contribution in [-0.2, 0) is 6.61 Å². The van der Waals surface area contributed by atoms with Gasteiger partial charge in [0.2, 0.25) is 0 Å². The van der Waals surface area contributed by atoms with E-state index in [0.717, 1.165) is 23.1 Å². The molecule has 0 unspecified atom stereocenters. The highest BCUT2D eigenvalue weighted by atomic mass is 32.1. The average molecular weight is 284 g/mol. The van der Waals surface area contributed by atoms with Gasteiger partial charge in [-0.3, -0.25) is 10.2 Å². The van der Waals surface area contributed by atoms with Crippen molar-refractivity contribution < 1.29 is 18.3 Å². The largest absolute Gasteiger partial charge is 0.488 e. The van der Waals surface area contributed by atoms with Crippen LogP contribution in [-0.4, -0.2) is 5.91 Å². The highest BCUT2D eigenvalue weighted by Crippen LogP contribution is 2.20. The maximum Gasteiger partial charge on any atom is 0.275 e. The number of halogens is 2. The number of hydrogen-bond donors (Lipinski definition) is 2.